The van der Waals surface area contributed by atoms with Gasteiger partial charge in [0, 0.05) is 6.20 Å². The molecule has 92 valence electrons. The van der Waals surface area contributed by atoms with E-state index in [1.54, 1.807) is 0 Å². The van der Waals surface area contributed by atoms with E-state index in [2.05, 4.69) is 20.3 Å². The Bertz CT molecular complexity index is 605. The third-order valence-electron chi connectivity index (χ3n) is 1.89. The van der Waals surface area contributed by atoms with Gasteiger partial charge in [-0.2, -0.15) is 0 Å². The summed E-state index contributed by atoms with van der Waals surface area (Å²) in [6.45, 7) is 0. The van der Waals surface area contributed by atoms with Crippen LogP contribution in [0.2, 0.25) is 15.5 Å². The van der Waals surface area contributed by atoms with Crippen molar-refractivity contribution < 1.29 is 4.79 Å². The quantitative estimate of drug-likeness (QED) is 0.684. The topological polar surface area (TPSA) is 67.8 Å². The summed E-state index contributed by atoms with van der Waals surface area (Å²) in [6, 6.07) is 4.46. The summed E-state index contributed by atoms with van der Waals surface area (Å²) in [4.78, 5) is 23.2. The smallest absolute Gasteiger partial charge is 0.277 e. The predicted molar refractivity (Wildman–Crippen MR) is 69.3 cm³/mol. The predicted octanol–water partition coefficient (Wildman–Crippen LogP) is 3.08. The number of anilines is 1. The highest BCUT2D eigenvalue weighted by Gasteiger charge is 2.13. The summed E-state index contributed by atoms with van der Waals surface area (Å²) in [5.41, 5.74) is 0.0129. The molecule has 2 aromatic heterocycles. The molecule has 5 nitrogen and oxygen atoms in total. The molecule has 0 aliphatic carbocycles. The van der Waals surface area contributed by atoms with Crippen LogP contribution >= 0.6 is 34.8 Å². The Labute approximate surface area is 117 Å². The maximum absolute atomic E-state index is 11.9. The second-order valence-corrected chi connectivity index (χ2v) is 4.26. The minimum Gasteiger partial charge on any atom is -0.305 e. The number of amides is 1. The van der Waals surface area contributed by atoms with Gasteiger partial charge in [0.15, 0.2) is 0 Å². The first-order valence-corrected chi connectivity index (χ1v) is 5.81. The number of hydrogen-bond donors (Lipinski definition) is 1. The summed E-state index contributed by atoms with van der Waals surface area (Å²) in [7, 11) is 0. The van der Waals surface area contributed by atoms with Gasteiger partial charge in [0.25, 0.3) is 5.91 Å². The van der Waals surface area contributed by atoms with Crippen molar-refractivity contribution in [3.8, 4) is 0 Å². The lowest BCUT2D eigenvalue weighted by molar-refractivity contribution is 0.102. The number of halogens is 3. The fourth-order valence-corrected chi connectivity index (χ4v) is 1.64. The van der Waals surface area contributed by atoms with Gasteiger partial charge in [0.2, 0.25) is 5.28 Å². The maximum atomic E-state index is 11.9. The van der Waals surface area contributed by atoms with E-state index in [0.717, 1.165) is 0 Å². The number of pyridine rings is 1. The molecule has 8 heteroatoms. The van der Waals surface area contributed by atoms with Crippen molar-refractivity contribution in [1.82, 2.24) is 15.0 Å². The number of nitrogens with zero attached hydrogens (tertiary/aromatic N) is 3. The zero-order valence-electron chi connectivity index (χ0n) is 8.69. The molecule has 0 radical (unpaired) electrons. The second-order valence-electron chi connectivity index (χ2n) is 3.13. The summed E-state index contributed by atoms with van der Waals surface area (Å²) >= 11 is 17.1. The first kappa shape index (κ1) is 13.0. The Morgan fingerprint density at radius 3 is 2.61 bits per heavy atom. The fraction of sp³-hybridized carbons (Fsp3) is 0. The third kappa shape index (κ3) is 3.07. The van der Waals surface area contributed by atoms with Gasteiger partial charge >= 0.3 is 0 Å². The normalized spacial score (nSPS) is 10.2. The Hall–Kier alpha value is -1.43. The van der Waals surface area contributed by atoms with Crippen LogP contribution in [0.5, 0.6) is 0 Å². The SMILES string of the molecule is O=C(Nc1ccnc(Cl)n1)c1nc(Cl)ccc1Cl. The second kappa shape index (κ2) is 5.48. The van der Waals surface area contributed by atoms with Gasteiger partial charge in [0.1, 0.15) is 16.7 Å². The van der Waals surface area contributed by atoms with Crippen LogP contribution in [0.4, 0.5) is 5.82 Å². The molecule has 0 unspecified atom stereocenters. The first-order valence-electron chi connectivity index (χ1n) is 4.68. The van der Waals surface area contributed by atoms with E-state index in [9.17, 15) is 4.79 Å². The van der Waals surface area contributed by atoms with Gasteiger partial charge in [-0.15, -0.1) is 0 Å². The zero-order chi connectivity index (χ0) is 13.1. The number of rotatable bonds is 2. The molecule has 2 aromatic rings. The molecule has 0 fully saturated rings. The Kier molecular flexibility index (Phi) is 3.96. The van der Waals surface area contributed by atoms with Crippen molar-refractivity contribution in [1.29, 1.82) is 0 Å². The molecule has 2 heterocycles. The Balaban J connectivity index is 2.24. The molecule has 0 saturated carbocycles. The largest absolute Gasteiger partial charge is 0.305 e. The van der Waals surface area contributed by atoms with Crippen LogP contribution in [-0.4, -0.2) is 20.9 Å². The van der Waals surface area contributed by atoms with E-state index < -0.39 is 5.91 Å². The van der Waals surface area contributed by atoms with Crippen molar-refractivity contribution in [2.75, 3.05) is 5.32 Å². The van der Waals surface area contributed by atoms with E-state index in [4.69, 9.17) is 34.8 Å². The molecule has 0 atom stereocenters. The van der Waals surface area contributed by atoms with Crippen LogP contribution in [0, 0.1) is 0 Å². The molecule has 18 heavy (non-hydrogen) atoms. The highest BCUT2D eigenvalue weighted by atomic mass is 35.5. The highest BCUT2D eigenvalue weighted by molar-refractivity contribution is 6.35. The molecule has 0 aliphatic heterocycles. The van der Waals surface area contributed by atoms with E-state index in [-0.39, 0.29) is 27.0 Å². The van der Waals surface area contributed by atoms with Crippen LogP contribution in [0.1, 0.15) is 10.5 Å². The Morgan fingerprint density at radius 2 is 1.89 bits per heavy atom. The molecule has 0 spiro atoms. The monoisotopic (exact) mass is 302 g/mol. The van der Waals surface area contributed by atoms with Crippen LogP contribution in [0.15, 0.2) is 24.4 Å². The molecule has 1 N–H and O–H groups in total. The molecule has 0 aliphatic rings. The van der Waals surface area contributed by atoms with E-state index in [0.29, 0.717) is 0 Å². The van der Waals surface area contributed by atoms with Crippen LogP contribution < -0.4 is 5.32 Å². The van der Waals surface area contributed by atoms with Gasteiger partial charge in [-0.3, -0.25) is 4.79 Å². The molecule has 0 saturated heterocycles. The van der Waals surface area contributed by atoms with Crippen molar-refractivity contribution in [2.45, 2.75) is 0 Å². The number of carbonyl (C=O) groups excluding carboxylic acids is 1. The molecule has 2 rings (SSSR count). The summed E-state index contributed by atoms with van der Waals surface area (Å²) < 4.78 is 0. The molecular weight excluding hydrogens is 298 g/mol. The minimum atomic E-state index is -0.530. The lowest BCUT2D eigenvalue weighted by atomic mass is 10.3. The summed E-state index contributed by atoms with van der Waals surface area (Å²) in [5.74, 6) is -0.282. The van der Waals surface area contributed by atoms with Crippen LogP contribution in [0.3, 0.4) is 0 Å². The van der Waals surface area contributed by atoms with Gasteiger partial charge in [0.05, 0.1) is 5.02 Å². The third-order valence-corrected chi connectivity index (χ3v) is 2.59. The van der Waals surface area contributed by atoms with Crippen molar-refractivity contribution in [2.24, 2.45) is 0 Å². The standard InChI is InChI=1S/C10H5Cl3N4O/c11-5-1-2-6(12)15-8(5)9(18)16-7-3-4-14-10(13)17-7/h1-4H,(H,14,16,17,18). The van der Waals surface area contributed by atoms with Crippen LogP contribution in [-0.2, 0) is 0 Å². The Morgan fingerprint density at radius 1 is 1.11 bits per heavy atom. The fourth-order valence-electron chi connectivity index (χ4n) is 1.16. The summed E-state index contributed by atoms with van der Waals surface area (Å²) in [6.07, 6.45) is 1.41. The molecule has 0 bridgehead atoms. The number of carbonyl (C=O) groups is 1. The molecule has 1 amide bonds. The van der Waals surface area contributed by atoms with Crippen molar-refractivity contribution in [3.05, 3.63) is 45.5 Å². The highest BCUT2D eigenvalue weighted by Crippen LogP contribution is 2.18. The lowest BCUT2D eigenvalue weighted by Gasteiger charge is -2.05. The van der Waals surface area contributed by atoms with Gasteiger partial charge in [-0.25, -0.2) is 15.0 Å². The van der Waals surface area contributed by atoms with Gasteiger partial charge in [-0.05, 0) is 29.8 Å². The number of aromatic nitrogens is 3. The first-order chi connectivity index (χ1) is 8.56. The van der Waals surface area contributed by atoms with Gasteiger partial charge < -0.3 is 5.32 Å². The van der Waals surface area contributed by atoms with Crippen molar-refractivity contribution >= 4 is 46.5 Å². The lowest BCUT2D eigenvalue weighted by Crippen LogP contribution is -2.15. The average molecular weight is 304 g/mol. The molecular formula is C10H5Cl3N4O. The summed E-state index contributed by atoms with van der Waals surface area (Å²) in [5, 5.41) is 2.88. The maximum Gasteiger partial charge on any atom is 0.277 e. The van der Waals surface area contributed by atoms with Crippen LogP contribution in [0.25, 0.3) is 0 Å². The number of hydrogen-bond acceptors (Lipinski definition) is 4. The molecule has 0 aromatic carbocycles. The van der Waals surface area contributed by atoms with Crippen molar-refractivity contribution in [3.63, 3.8) is 0 Å². The number of nitrogens with one attached hydrogen (secondary N) is 1. The zero-order valence-corrected chi connectivity index (χ0v) is 11.0. The average Bonchev–Trinajstić information content (AvgIpc) is 2.32. The van der Waals surface area contributed by atoms with Gasteiger partial charge in [-0.1, -0.05) is 23.2 Å². The van der Waals surface area contributed by atoms with E-state index >= 15 is 0 Å². The van der Waals surface area contributed by atoms with E-state index in [1.165, 1.54) is 24.4 Å². The van der Waals surface area contributed by atoms with E-state index in [1.807, 2.05) is 0 Å². The minimum absolute atomic E-state index is 0.0129.